The molecule has 18 heavy (non-hydrogen) atoms. The summed E-state index contributed by atoms with van der Waals surface area (Å²) in [6.45, 7) is 2.78. The molecule has 1 aromatic heterocycles. The molecule has 0 saturated carbocycles. The van der Waals surface area contributed by atoms with Crippen LogP contribution in [0.1, 0.15) is 10.7 Å². The van der Waals surface area contributed by atoms with Gasteiger partial charge < -0.3 is 10.1 Å². The summed E-state index contributed by atoms with van der Waals surface area (Å²) < 4.78 is 5.18. The Kier molecular flexibility index (Phi) is 4.15. The Labute approximate surface area is 110 Å². The van der Waals surface area contributed by atoms with E-state index in [1.54, 1.807) is 11.3 Å². The Morgan fingerprint density at radius 1 is 1.39 bits per heavy atom. The Morgan fingerprint density at radius 2 is 2.17 bits per heavy atom. The summed E-state index contributed by atoms with van der Waals surface area (Å²) in [6, 6.07) is 9.46. The predicted octanol–water partition coefficient (Wildman–Crippen LogP) is 2.97. The average molecular weight is 259 g/mol. The van der Waals surface area contributed by atoms with Gasteiger partial charge in [-0.25, -0.2) is 4.98 Å². The van der Waals surface area contributed by atoms with Crippen molar-refractivity contribution in [2.75, 3.05) is 11.9 Å². The number of nitrogens with zero attached hydrogens (tertiary/aromatic N) is 2. The van der Waals surface area contributed by atoms with Crippen molar-refractivity contribution in [3.63, 3.8) is 0 Å². The molecule has 0 bridgehead atoms. The summed E-state index contributed by atoms with van der Waals surface area (Å²) in [6.07, 6.45) is 0. The number of rotatable bonds is 5. The quantitative estimate of drug-likeness (QED) is 0.896. The highest BCUT2D eigenvalue weighted by Crippen LogP contribution is 2.17. The molecule has 0 aliphatic heterocycles. The summed E-state index contributed by atoms with van der Waals surface area (Å²) >= 11 is 1.65. The SMILES string of the molecule is Cc1csc(CNc2ccc(OCC#N)cc2)n1. The number of thiazole rings is 1. The van der Waals surface area contributed by atoms with Gasteiger partial charge in [0.15, 0.2) is 6.61 Å². The zero-order chi connectivity index (χ0) is 12.8. The third-order valence-electron chi connectivity index (χ3n) is 2.27. The highest BCUT2D eigenvalue weighted by molar-refractivity contribution is 7.09. The van der Waals surface area contributed by atoms with E-state index in [-0.39, 0.29) is 6.61 Å². The molecule has 0 radical (unpaired) electrons. The van der Waals surface area contributed by atoms with Gasteiger partial charge in [-0.3, -0.25) is 0 Å². The molecule has 0 saturated heterocycles. The Balaban J connectivity index is 1.88. The molecule has 0 fully saturated rings. The van der Waals surface area contributed by atoms with Crippen LogP contribution in [0.3, 0.4) is 0 Å². The molecule has 2 rings (SSSR count). The Morgan fingerprint density at radius 3 is 2.78 bits per heavy atom. The van der Waals surface area contributed by atoms with Gasteiger partial charge in [0.05, 0.1) is 6.54 Å². The Hall–Kier alpha value is -2.06. The van der Waals surface area contributed by atoms with Gasteiger partial charge in [0.1, 0.15) is 16.8 Å². The summed E-state index contributed by atoms with van der Waals surface area (Å²) in [5.74, 6) is 0.701. The van der Waals surface area contributed by atoms with Crippen LogP contribution in [0.5, 0.6) is 5.75 Å². The lowest BCUT2D eigenvalue weighted by atomic mass is 10.3. The fourth-order valence-electron chi connectivity index (χ4n) is 1.45. The molecule has 0 unspecified atom stereocenters. The van der Waals surface area contributed by atoms with Crippen LogP contribution in [0.2, 0.25) is 0 Å². The van der Waals surface area contributed by atoms with Crippen molar-refractivity contribution in [2.24, 2.45) is 0 Å². The molecule has 2 aromatic rings. The smallest absolute Gasteiger partial charge is 0.174 e. The average Bonchev–Trinajstić information content (AvgIpc) is 2.81. The van der Waals surface area contributed by atoms with Gasteiger partial charge >= 0.3 is 0 Å². The zero-order valence-electron chi connectivity index (χ0n) is 10.0. The number of ether oxygens (including phenoxy) is 1. The van der Waals surface area contributed by atoms with Gasteiger partial charge in [-0.2, -0.15) is 5.26 Å². The molecule has 92 valence electrons. The molecular weight excluding hydrogens is 246 g/mol. The van der Waals surface area contributed by atoms with Crippen molar-refractivity contribution >= 4 is 17.0 Å². The molecule has 1 heterocycles. The molecule has 1 aromatic carbocycles. The minimum Gasteiger partial charge on any atom is -0.479 e. The van der Waals surface area contributed by atoms with E-state index in [0.717, 1.165) is 22.9 Å². The lowest BCUT2D eigenvalue weighted by Gasteiger charge is -2.06. The lowest BCUT2D eigenvalue weighted by molar-refractivity contribution is 0.368. The van der Waals surface area contributed by atoms with E-state index in [0.29, 0.717) is 5.75 Å². The van der Waals surface area contributed by atoms with Crippen molar-refractivity contribution < 1.29 is 4.74 Å². The molecule has 0 aliphatic carbocycles. The number of benzene rings is 1. The van der Waals surface area contributed by atoms with Gasteiger partial charge in [0.2, 0.25) is 0 Å². The highest BCUT2D eigenvalue weighted by Gasteiger charge is 1.99. The van der Waals surface area contributed by atoms with E-state index in [1.807, 2.05) is 42.6 Å². The van der Waals surface area contributed by atoms with Gasteiger partial charge in [0, 0.05) is 16.8 Å². The molecule has 0 amide bonds. The van der Waals surface area contributed by atoms with Crippen LogP contribution in [-0.2, 0) is 6.54 Å². The second-order valence-corrected chi connectivity index (χ2v) is 4.65. The number of aryl methyl sites for hydroxylation is 1. The van der Waals surface area contributed by atoms with Crippen molar-refractivity contribution in [3.8, 4) is 11.8 Å². The van der Waals surface area contributed by atoms with E-state index in [9.17, 15) is 0 Å². The first kappa shape index (κ1) is 12.4. The lowest BCUT2D eigenvalue weighted by Crippen LogP contribution is -1.99. The summed E-state index contributed by atoms with van der Waals surface area (Å²) in [7, 11) is 0. The van der Waals surface area contributed by atoms with Crippen LogP contribution >= 0.6 is 11.3 Å². The largest absolute Gasteiger partial charge is 0.479 e. The molecular formula is C13H13N3OS. The third kappa shape index (κ3) is 3.47. The van der Waals surface area contributed by atoms with Crippen LogP contribution < -0.4 is 10.1 Å². The maximum absolute atomic E-state index is 8.40. The van der Waals surface area contributed by atoms with E-state index < -0.39 is 0 Å². The molecule has 0 spiro atoms. The second kappa shape index (κ2) is 6.03. The first-order valence-corrected chi connectivity index (χ1v) is 6.40. The fraction of sp³-hybridized carbons (Fsp3) is 0.231. The number of nitriles is 1. The van der Waals surface area contributed by atoms with Crippen LogP contribution in [0.25, 0.3) is 0 Å². The highest BCUT2D eigenvalue weighted by atomic mass is 32.1. The van der Waals surface area contributed by atoms with Crippen molar-refractivity contribution in [1.29, 1.82) is 5.26 Å². The normalized spacial score (nSPS) is 9.78. The summed E-state index contributed by atoms with van der Waals surface area (Å²) in [5, 5.41) is 14.8. The van der Waals surface area contributed by atoms with Crippen LogP contribution in [-0.4, -0.2) is 11.6 Å². The van der Waals surface area contributed by atoms with Gasteiger partial charge in [-0.1, -0.05) is 0 Å². The molecule has 1 N–H and O–H groups in total. The minimum absolute atomic E-state index is 0.0746. The zero-order valence-corrected chi connectivity index (χ0v) is 10.8. The number of aromatic nitrogens is 1. The van der Waals surface area contributed by atoms with Crippen molar-refractivity contribution in [2.45, 2.75) is 13.5 Å². The molecule has 0 atom stereocenters. The number of anilines is 1. The summed E-state index contributed by atoms with van der Waals surface area (Å²) in [5.41, 5.74) is 2.06. The van der Waals surface area contributed by atoms with Crippen LogP contribution in [0, 0.1) is 18.3 Å². The van der Waals surface area contributed by atoms with Crippen molar-refractivity contribution in [1.82, 2.24) is 4.98 Å². The van der Waals surface area contributed by atoms with E-state index in [1.165, 1.54) is 0 Å². The number of hydrogen-bond acceptors (Lipinski definition) is 5. The third-order valence-corrected chi connectivity index (χ3v) is 3.23. The standard InChI is InChI=1S/C13H13N3OS/c1-10-9-18-13(16-10)8-15-11-2-4-12(5-3-11)17-7-6-14/h2-5,9,15H,7-8H2,1H3. The van der Waals surface area contributed by atoms with Crippen LogP contribution in [0.4, 0.5) is 5.69 Å². The fourth-order valence-corrected chi connectivity index (χ4v) is 2.16. The number of nitrogens with one attached hydrogen (secondary N) is 1. The predicted molar refractivity (Wildman–Crippen MR) is 71.7 cm³/mol. The topological polar surface area (TPSA) is 57.9 Å². The minimum atomic E-state index is 0.0746. The Bertz CT molecular complexity index is 542. The second-order valence-electron chi connectivity index (χ2n) is 3.71. The van der Waals surface area contributed by atoms with Crippen molar-refractivity contribution in [3.05, 3.63) is 40.3 Å². The molecule has 4 nitrogen and oxygen atoms in total. The molecule has 0 aliphatic rings. The first-order chi connectivity index (χ1) is 8.78. The maximum Gasteiger partial charge on any atom is 0.174 e. The maximum atomic E-state index is 8.40. The van der Waals surface area contributed by atoms with Crippen LogP contribution in [0.15, 0.2) is 29.6 Å². The van der Waals surface area contributed by atoms with Gasteiger partial charge in [-0.15, -0.1) is 11.3 Å². The first-order valence-electron chi connectivity index (χ1n) is 5.52. The van der Waals surface area contributed by atoms with E-state index in [4.69, 9.17) is 10.00 Å². The van der Waals surface area contributed by atoms with E-state index in [2.05, 4.69) is 10.3 Å². The van der Waals surface area contributed by atoms with E-state index >= 15 is 0 Å². The summed E-state index contributed by atoms with van der Waals surface area (Å²) in [4.78, 5) is 4.38. The van der Waals surface area contributed by atoms with Gasteiger partial charge in [0.25, 0.3) is 0 Å². The number of hydrogen-bond donors (Lipinski definition) is 1. The monoisotopic (exact) mass is 259 g/mol. The van der Waals surface area contributed by atoms with Gasteiger partial charge in [-0.05, 0) is 31.2 Å². The molecule has 5 heteroatoms.